The number of nitrogens with zero attached hydrogens (tertiary/aromatic N) is 2. The molecule has 1 heterocycles. The van der Waals surface area contributed by atoms with E-state index in [2.05, 4.69) is 31.1 Å². The summed E-state index contributed by atoms with van der Waals surface area (Å²) in [4.78, 5) is 9.35. The van der Waals surface area contributed by atoms with Gasteiger partial charge in [-0.15, -0.1) is 0 Å². The van der Waals surface area contributed by atoms with E-state index in [9.17, 15) is 0 Å². The van der Waals surface area contributed by atoms with Gasteiger partial charge >= 0.3 is 0 Å². The van der Waals surface area contributed by atoms with Gasteiger partial charge in [-0.05, 0) is 37.5 Å². The maximum Gasteiger partial charge on any atom is 0.135 e. The van der Waals surface area contributed by atoms with Gasteiger partial charge in [0.15, 0.2) is 0 Å². The standard InChI is InChI=1S/C17H22ClN3/c1-4-10-19-17-15(5-2)12(3)20-16(21-17)11-13-6-8-14(18)9-7-13/h6-9H,4-5,10-11H2,1-3H3,(H,19,20,21). The third kappa shape index (κ3) is 4.18. The van der Waals surface area contributed by atoms with Crippen molar-refractivity contribution in [3.05, 3.63) is 51.9 Å². The molecule has 0 aliphatic carbocycles. The average Bonchev–Trinajstić information content (AvgIpc) is 2.47. The number of halogens is 1. The van der Waals surface area contributed by atoms with E-state index in [0.717, 1.165) is 48.2 Å². The fourth-order valence-corrected chi connectivity index (χ4v) is 2.46. The SMILES string of the molecule is CCCNc1nc(Cc2ccc(Cl)cc2)nc(C)c1CC. The first-order valence-electron chi connectivity index (χ1n) is 7.48. The topological polar surface area (TPSA) is 37.8 Å². The predicted octanol–water partition coefficient (Wildman–Crippen LogP) is 4.41. The van der Waals surface area contributed by atoms with Crippen molar-refractivity contribution in [1.29, 1.82) is 0 Å². The lowest BCUT2D eigenvalue weighted by molar-refractivity contribution is 0.886. The Morgan fingerprint density at radius 1 is 1.10 bits per heavy atom. The first-order chi connectivity index (χ1) is 10.1. The summed E-state index contributed by atoms with van der Waals surface area (Å²) in [6.07, 6.45) is 2.75. The lowest BCUT2D eigenvalue weighted by Crippen LogP contribution is -2.11. The van der Waals surface area contributed by atoms with Gasteiger partial charge in [-0.1, -0.05) is 37.6 Å². The Labute approximate surface area is 131 Å². The van der Waals surface area contributed by atoms with Gasteiger partial charge in [0.05, 0.1) is 0 Å². The van der Waals surface area contributed by atoms with Gasteiger partial charge in [-0.2, -0.15) is 0 Å². The van der Waals surface area contributed by atoms with Crippen molar-refractivity contribution < 1.29 is 0 Å². The van der Waals surface area contributed by atoms with Crippen molar-refractivity contribution in [2.75, 3.05) is 11.9 Å². The maximum absolute atomic E-state index is 5.92. The van der Waals surface area contributed by atoms with Crippen molar-refractivity contribution in [2.45, 2.75) is 40.0 Å². The minimum absolute atomic E-state index is 0.725. The molecular weight excluding hydrogens is 282 g/mol. The molecule has 0 bridgehead atoms. The van der Waals surface area contributed by atoms with Crippen LogP contribution in [0.25, 0.3) is 0 Å². The third-order valence-corrected chi connectivity index (χ3v) is 3.68. The molecule has 0 radical (unpaired) electrons. The molecule has 1 aromatic carbocycles. The zero-order chi connectivity index (χ0) is 15.2. The minimum atomic E-state index is 0.725. The molecule has 0 aliphatic rings. The number of benzene rings is 1. The van der Waals surface area contributed by atoms with Gasteiger partial charge < -0.3 is 5.32 Å². The molecule has 3 nitrogen and oxygen atoms in total. The third-order valence-electron chi connectivity index (χ3n) is 3.43. The molecule has 0 aliphatic heterocycles. The quantitative estimate of drug-likeness (QED) is 0.858. The molecule has 0 spiro atoms. The molecule has 4 heteroatoms. The molecule has 0 amide bonds. The highest BCUT2D eigenvalue weighted by atomic mass is 35.5. The van der Waals surface area contributed by atoms with Crippen molar-refractivity contribution in [2.24, 2.45) is 0 Å². The van der Waals surface area contributed by atoms with Crippen molar-refractivity contribution >= 4 is 17.4 Å². The van der Waals surface area contributed by atoms with Gasteiger partial charge in [0, 0.05) is 29.2 Å². The van der Waals surface area contributed by atoms with Crippen LogP contribution in [0, 0.1) is 6.92 Å². The van der Waals surface area contributed by atoms with Crippen LogP contribution in [-0.4, -0.2) is 16.5 Å². The Morgan fingerprint density at radius 2 is 1.81 bits per heavy atom. The highest BCUT2D eigenvalue weighted by molar-refractivity contribution is 6.30. The highest BCUT2D eigenvalue weighted by Crippen LogP contribution is 2.19. The molecule has 21 heavy (non-hydrogen) atoms. The van der Waals surface area contributed by atoms with Crippen LogP contribution < -0.4 is 5.32 Å². The van der Waals surface area contributed by atoms with E-state index in [4.69, 9.17) is 16.6 Å². The molecule has 1 N–H and O–H groups in total. The van der Waals surface area contributed by atoms with E-state index in [-0.39, 0.29) is 0 Å². The smallest absolute Gasteiger partial charge is 0.135 e. The van der Waals surface area contributed by atoms with Gasteiger partial charge in [-0.3, -0.25) is 0 Å². The van der Waals surface area contributed by atoms with Crippen LogP contribution in [0.3, 0.4) is 0 Å². The Bertz CT molecular complexity index is 594. The lowest BCUT2D eigenvalue weighted by atomic mass is 10.1. The van der Waals surface area contributed by atoms with Gasteiger partial charge in [0.2, 0.25) is 0 Å². The second-order valence-electron chi connectivity index (χ2n) is 5.14. The largest absolute Gasteiger partial charge is 0.370 e. The fraction of sp³-hybridized carbons (Fsp3) is 0.412. The first kappa shape index (κ1) is 15.8. The molecule has 112 valence electrons. The summed E-state index contributed by atoms with van der Waals surface area (Å²) in [5.74, 6) is 1.83. The molecule has 0 saturated carbocycles. The molecule has 0 fully saturated rings. The van der Waals surface area contributed by atoms with Crippen LogP contribution in [0.2, 0.25) is 5.02 Å². The molecule has 0 saturated heterocycles. The Hall–Kier alpha value is -1.61. The number of aryl methyl sites for hydroxylation is 1. The number of hydrogen-bond acceptors (Lipinski definition) is 3. The highest BCUT2D eigenvalue weighted by Gasteiger charge is 2.10. The van der Waals surface area contributed by atoms with Crippen LogP contribution in [0.1, 0.15) is 42.9 Å². The normalized spacial score (nSPS) is 10.7. The minimum Gasteiger partial charge on any atom is -0.370 e. The summed E-state index contributed by atoms with van der Waals surface area (Å²) in [6, 6.07) is 7.85. The van der Waals surface area contributed by atoms with E-state index in [1.807, 2.05) is 24.3 Å². The zero-order valence-electron chi connectivity index (χ0n) is 12.9. The van der Waals surface area contributed by atoms with Crippen LogP contribution in [0.15, 0.2) is 24.3 Å². The second kappa shape index (κ2) is 7.41. The number of anilines is 1. The van der Waals surface area contributed by atoms with E-state index in [1.54, 1.807) is 0 Å². The summed E-state index contributed by atoms with van der Waals surface area (Å²) >= 11 is 5.92. The van der Waals surface area contributed by atoms with Gasteiger partial charge in [0.25, 0.3) is 0 Å². The van der Waals surface area contributed by atoms with E-state index in [0.29, 0.717) is 0 Å². The predicted molar refractivity (Wildman–Crippen MR) is 89.2 cm³/mol. The molecule has 2 rings (SSSR count). The van der Waals surface area contributed by atoms with Crippen LogP contribution >= 0.6 is 11.6 Å². The van der Waals surface area contributed by atoms with E-state index < -0.39 is 0 Å². The number of aromatic nitrogens is 2. The Morgan fingerprint density at radius 3 is 2.43 bits per heavy atom. The van der Waals surface area contributed by atoms with Crippen molar-refractivity contribution in [3.63, 3.8) is 0 Å². The van der Waals surface area contributed by atoms with Crippen LogP contribution in [0.4, 0.5) is 5.82 Å². The Balaban J connectivity index is 2.27. The van der Waals surface area contributed by atoms with Crippen molar-refractivity contribution in [1.82, 2.24) is 9.97 Å². The fourth-order valence-electron chi connectivity index (χ4n) is 2.33. The molecule has 1 aromatic heterocycles. The number of nitrogens with one attached hydrogen (secondary N) is 1. The average molecular weight is 304 g/mol. The first-order valence-corrected chi connectivity index (χ1v) is 7.86. The lowest BCUT2D eigenvalue weighted by Gasteiger charge is -2.13. The summed E-state index contributed by atoms with van der Waals surface area (Å²) < 4.78 is 0. The summed E-state index contributed by atoms with van der Waals surface area (Å²) in [6.45, 7) is 7.29. The summed E-state index contributed by atoms with van der Waals surface area (Å²) in [5, 5.41) is 4.17. The molecule has 0 atom stereocenters. The summed E-state index contributed by atoms with van der Waals surface area (Å²) in [7, 11) is 0. The van der Waals surface area contributed by atoms with Crippen LogP contribution in [0.5, 0.6) is 0 Å². The maximum atomic E-state index is 5.92. The molecule has 0 unspecified atom stereocenters. The zero-order valence-corrected chi connectivity index (χ0v) is 13.7. The van der Waals surface area contributed by atoms with Crippen LogP contribution in [-0.2, 0) is 12.8 Å². The number of hydrogen-bond donors (Lipinski definition) is 1. The molecular formula is C17H22ClN3. The van der Waals surface area contributed by atoms with Gasteiger partial charge in [-0.25, -0.2) is 9.97 Å². The van der Waals surface area contributed by atoms with Gasteiger partial charge in [0.1, 0.15) is 11.6 Å². The van der Waals surface area contributed by atoms with Crippen molar-refractivity contribution in [3.8, 4) is 0 Å². The molecule has 2 aromatic rings. The Kier molecular flexibility index (Phi) is 5.57. The second-order valence-corrected chi connectivity index (χ2v) is 5.57. The number of rotatable bonds is 6. The van der Waals surface area contributed by atoms with E-state index >= 15 is 0 Å². The summed E-state index contributed by atoms with van der Waals surface area (Å²) in [5.41, 5.74) is 3.45. The van der Waals surface area contributed by atoms with E-state index in [1.165, 1.54) is 11.1 Å². The monoisotopic (exact) mass is 303 g/mol.